The molecule has 2 rings (SSSR count). The average molecular weight is 519 g/mol. The topological polar surface area (TPSA) is 127 Å². The molecule has 0 saturated heterocycles. The van der Waals surface area contributed by atoms with E-state index in [1.165, 1.54) is 6.92 Å². The number of carboxylic acid groups (broad SMARTS) is 1. The number of nitrogens with two attached hydrogens (primary N) is 1. The summed E-state index contributed by atoms with van der Waals surface area (Å²) in [6.07, 6.45) is 11.8. The van der Waals surface area contributed by atoms with Gasteiger partial charge in [0.1, 0.15) is 6.04 Å². The molecule has 0 saturated carbocycles. The number of carboxylic acids is 1. The van der Waals surface area contributed by atoms with Gasteiger partial charge in [0.2, 0.25) is 17.2 Å². The van der Waals surface area contributed by atoms with E-state index in [9.17, 15) is 19.2 Å². The summed E-state index contributed by atoms with van der Waals surface area (Å²) in [6.45, 7) is 9.08. The zero-order chi connectivity index (χ0) is 27.2. The summed E-state index contributed by atoms with van der Waals surface area (Å²) in [6, 6.07) is -0.934. The third-order valence-electron chi connectivity index (χ3n) is 6.28. The fourth-order valence-electron chi connectivity index (χ4n) is 3.99. The fourth-order valence-corrected chi connectivity index (χ4v) is 4.33. The lowest BCUT2D eigenvalue weighted by molar-refractivity contribution is -0.167. The molecule has 8 nitrogen and oxygen atoms in total. The molecule has 3 N–H and O–H groups in total. The van der Waals surface area contributed by atoms with E-state index in [4.69, 9.17) is 27.2 Å². The maximum Gasteiger partial charge on any atom is 0.320 e. The third kappa shape index (κ3) is 6.83. The molecule has 196 valence electrons. The van der Waals surface area contributed by atoms with Crippen LogP contribution in [0, 0.1) is 5.92 Å². The number of hydrogen-bond acceptors (Lipinski definition) is 7. The van der Waals surface area contributed by atoms with Crippen LogP contribution in [0.15, 0.2) is 58.0 Å². The molecule has 0 unspecified atom stereocenters. The fraction of sp³-hybridized carbons (Fsp3) is 0.481. The maximum absolute atomic E-state index is 13.3. The quantitative estimate of drug-likeness (QED) is 0.180. The maximum atomic E-state index is 13.3. The monoisotopic (exact) mass is 518 g/mol. The number of allylic oxidation sites excluding steroid dienone is 6. The summed E-state index contributed by atoms with van der Waals surface area (Å²) in [5.41, 5.74) is 5.80. The molecule has 0 aromatic heterocycles. The number of unbranched alkanes of at least 4 members (excludes halogenated alkanes) is 1. The number of esters is 1. The smallest absolute Gasteiger partial charge is 0.320 e. The molecular formula is C27H35ClN2O6. The summed E-state index contributed by atoms with van der Waals surface area (Å²) in [7, 11) is 0. The Bertz CT molecular complexity index is 1080. The molecule has 0 fully saturated rings. The van der Waals surface area contributed by atoms with Gasteiger partial charge < -0.3 is 20.5 Å². The number of ketones is 2. The van der Waals surface area contributed by atoms with Gasteiger partial charge in [0.25, 0.3) is 0 Å². The predicted molar refractivity (Wildman–Crippen MR) is 138 cm³/mol. The second-order valence-corrected chi connectivity index (χ2v) is 9.77. The minimum absolute atomic E-state index is 0.172. The Balaban J connectivity index is 2.44. The lowest BCUT2D eigenvalue weighted by atomic mass is 9.79. The zero-order valence-electron chi connectivity index (χ0n) is 21.5. The third-order valence-corrected chi connectivity index (χ3v) is 6.66. The van der Waals surface area contributed by atoms with Crippen molar-refractivity contribution in [1.29, 1.82) is 0 Å². The van der Waals surface area contributed by atoms with E-state index in [2.05, 4.69) is 19.9 Å². The number of Topliss-reactive ketones (excluding diaryl/α,β-unsaturated/α-hetero) is 2. The van der Waals surface area contributed by atoms with Gasteiger partial charge in [0.15, 0.2) is 0 Å². The van der Waals surface area contributed by atoms with Crippen molar-refractivity contribution in [3.8, 4) is 0 Å². The van der Waals surface area contributed by atoms with Crippen molar-refractivity contribution in [2.75, 3.05) is 6.54 Å². The number of carbonyl (C=O) groups is 4. The van der Waals surface area contributed by atoms with E-state index < -0.39 is 35.1 Å². The first-order valence-corrected chi connectivity index (χ1v) is 12.4. The van der Waals surface area contributed by atoms with Crippen molar-refractivity contribution in [2.24, 2.45) is 11.7 Å². The molecule has 1 aliphatic carbocycles. The van der Waals surface area contributed by atoms with Gasteiger partial charge >= 0.3 is 11.9 Å². The van der Waals surface area contributed by atoms with Crippen molar-refractivity contribution < 1.29 is 29.0 Å². The van der Waals surface area contributed by atoms with Gasteiger partial charge in [0.05, 0.1) is 5.03 Å². The summed E-state index contributed by atoms with van der Waals surface area (Å²) in [5.74, 6) is -2.81. The number of nitrogens with zero attached hydrogens (tertiary/aromatic N) is 1. The first kappa shape index (κ1) is 29.3. The van der Waals surface area contributed by atoms with Crippen LogP contribution in [-0.2, 0) is 23.9 Å². The lowest BCUT2D eigenvalue weighted by Gasteiger charge is -2.35. The van der Waals surface area contributed by atoms with Crippen LogP contribution in [0.25, 0.3) is 0 Å². The van der Waals surface area contributed by atoms with E-state index in [1.54, 1.807) is 12.3 Å². The molecule has 1 heterocycles. The lowest BCUT2D eigenvalue weighted by Crippen LogP contribution is -2.52. The normalized spacial score (nSPS) is 22.3. The Morgan fingerprint density at radius 1 is 1.25 bits per heavy atom. The van der Waals surface area contributed by atoms with Crippen molar-refractivity contribution >= 4 is 35.1 Å². The summed E-state index contributed by atoms with van der Waals surface area (Å²) >= 11 is 6.41. The van der Waals surface area contributed by atoms with E-state index in [0.29, 0.717) is 37.4 Å². The van der Waals surface area contributed by atoms with Crippen LogP contribution in [0.5, 0.6) is 0 Å². The van der Waals surface area contributed by atoms with Gasteiger partial charge in [-0.25, -0.2) is 0 Å². The van der Waals surface area contributed by atoms with E-state index in [-0.39, 0.29) is 16.2 Å². The van der Waals surface area contributed by atoms with Gasteiger partial charge in [-0.05, 0) is 51.2 Å². The Labute approximate surface area is 217 Å². The molecule has 0 radical (unpaired) electrons. The molecule has 3 atom stereocenters. The number of halogens is 1. The van der Waals surface area contributed by atoms with Gasteiger partial charge in [0, 0.05) is 36.5 Å². The Morgan fingerprint density at radius 3 is 2.50 bits per heavy atom. The minimum atomic E-state index is -2.03. The molecule has 1 aliphatic heterocycles. The molecule has 0 aromatic carbocycles. The Kier molecular flexibility index (Phi) is 10.0. The highest BCUT2D eigenvalue weighted by Gasteiger charge is 2.52. The van der Waals surface area contributed by atoms with Crippen LogP contribution in [0.4, 0.5) is 0 Å². The van der Waals surface area contributed by atoms with Gasteiger partial charge in [-0.2, -0.15) is 0 Å². The summed E-state index contributed by atoms with van der Waals surface area (Å²) < 4.78 is 5.13. The van der Waals surface area contributed by atoms with Crippen LogP contribution in [0.2, 0.25) is 0 Å². The number of aliphatic carboxylic acids is 1. The van der Waals surface area contributed by atoms with E-state index >= 15 is 0 Å². The molecule has 2 aliphatic rings. The summed E-state index contributed by atoms with van der Waals surface area (Å²) in [4.78, 5) is 50.7. The highest BCUT2D eigenvalue weighted by Crippen LogP contribution is 2.39. The highest BCUT2D eigenvalue weighted by molar-refractivity contribution is 6.49. The van der Waals surface area contributed by atoms with Crippen molar-refractivity contribution in [2.45, 2.75) is 71.9 Å². The SMILES string of the molecule is CC[C@@H](C)/C=C(C)/C=C/C1=CC2=C(Cl)C(=O)[C@@](C)(OC(C)=O)C(=O)C2=CN1CCCC[C@H](N)C(=O)O. The molecule has 36 heavy (non-hydrogen) atoms. The van der Waals surface area contributed by atoms with Crippen molar-refractivity contribution in [3.05, 3.63) is 58.0 Å². The second-order valence-electron chi connectivity index (χ2n) is 9.39. The van der Waals surface area contributed by atoms with Crippen molar-refractivity contribution in [3.63, 3.8) is 0 Å². The van der Waals surface area contributed by atoms with E-state index in [1.807, 2.05) is 24.0 Å². The van der Waals surface area contributed by atoms with Crippen molar-refractivity contribution in [1.82, 2.24) is 4.90 Å². The number of ether oxygens (including phenoxy) is 1. The van der Waals surface area contributed by atoms with Crippen LogP contribution in [-0.4, -0.2) is 51.7 Å². The molecule has 0 spiro atoms. The van der Waals surface area contributed by atoms with Crippen LogP contribution in [0.1, 0.15) is 60.3 Å². The highest BCUT2D eigenvalue weighted by atomic mass is 35.5. The molecule has 9 heteroatoms. The van der Waals surface area contributed by atoms with Crippen LogP contribution >= 0.6 is 11.6 Å². The van der Waals surface area contributed by atoms with Gasteiger partial charge in [-0.15, -0.1) is 0 Å². The molecule has 0 bridgehead atoms. The van der Waals surface area contributed by atoms with Crippen LogP contribution < -0.4 is 5.73 Å². The number of fused-ring (bicyclic) bond motifs is 1. The molecule has 0 aromatic rings. The first-order valence-electron chi connectivity index (χ1n) is 12.1. The van der Waals surface area contributed by atoms with Gasteiger partial charge in [-0.1, -0.05) is 49.6 Å². The molecular weight excluding hydrogens is 484 g/mol. The van der Waals surface area contributed by atoms with Gasteiger partial charge in [-0.3, -0.25) is 19.2 Å². The largest absolute Gasteiger partial charge is 0.480 e. The number of hydrogen-bond donors (Lipinski definition) is 2. The standard InChI is InChI=1S/C27H35ClN2O6/c1-6-16(2)13-17(3)10-11-19-14-20-21(15-30(19)12-8-7-9-22(29)26(34)35)24(32)27(5,36-18(4)31)25(33)23(20)28/h10-11,13-16,22H,6-9,12,29H2,1-5H3,(H,34,35)/b11-10+,17-13+/t16-,22+,27+/m1/s1. The Morgan fingerprint density at radius 2 is 1.92 bits per heavy atom. The average Bonchev–Trinajstić information content (AvgIpc) is 2.82. The number of rotatable bonds is 11. The molecule has 0 amide bonds. The Hall–Kier alpha value is -2.97. The predicted octanol–water partition coefficient (Wildman–Crippen LogP) is 4.17. The van der Waals surface area contributed by atoms with E-state index in [0.717, 1.165) is 18.9 Å². The second kappa shape index (κ2) is 12.3. The minimum Gasteiger partial charge on any atom is -0.480 e. The first-order chi connectivity index (χ1) is 16.8. The summed E-state index contributed by atoms with van der Waals surface area (Å²) in [5, 5.41) is 8.83. The van der Waals surface area contributed by atoms with Crippen LogP contribution in [0.3, 0.4) is 0 Å². The number of carbonyl (C=O) groups excluding carboxylic acids is 3. The zero-order valence-corrected chi connectivity index (χ0v) is 22.2.